The van der Waals surface area contributed by atoms with Crippen LogP contribution in [0.2, 0.25) is 0 Å². The van der Waals surface area contributed by atoms with E-state index in [0.29, 0.717) is 32.4 Å². The van der Waals surface area contributed by atoms with Gasteiger partial charge in [0, 0.05) is 25.4 Å². The smallest absolute Gasteiger partial charge is 0.223 e. The predicted molar refractivity (Wildman–Crippen MR) is 77.9 cm³/mol. The van der Waals surface area contributed by atoms with Gasteiger partial charge in [0.15, 0.2) is 0 Å². The van der Waals surface area contributed by atoms with Crippen LogP contribution in [-0.4, -0.2) is 29.8 Å². The van der Waals surface area contributed by atoms with E-state index in [9.17, 15) is 14.0 Å². The summed E-state index contributed by atoms with van der Waals surface area (Å²) in [5.41, 5.74) is 6.24. The monoisotopic (exact) mass is 292 g/mol. The first-order valence-electron chi connectivity index (χ1n) is 7.30. The highest BCUT2D eigenvalue weighted by molar-refractivity contribution is 5.79. The topological polar surface area (TPSA) is 63.4 Å². The zero-order valence-electron chi connectivity index (χ0n) is 12.2. The van der Waals surface area contributed by atoms with Crippen molar-refractivity contribution in [1.82, 2.24) is 4.90 Å². The third-order valence-corrected chi connectivity index (χ3v) is 4.17. The molecule has 1 aromatic carbocycles. The number of carbonyl (C=O) groups is 2. The van der Waals surface area contributed by atoms with Crippen LogP contribution in [0.5, 0.6) is 0 Å². The van der Waals surface area contributed by atoms with Gasteiger partial charge in [0.2, 0.25) is 11.8 Å². The van der Waals surface area contributed by atoms with Gasteiger partial charge in [-0.1, -0.05) is 19.1 Å². The summed E-state index contributed by atoms with van der Waals surface area (Å²) >= 11 is 0. The van der Waals surface area contributed by atoms with E-state index in [0.717, 1.165) is 5.56 Å². The molecule has 1 heterocycles. The van der Waals surface area contributed by atoms with Crippen molar-refractivity contribution >= 4 is 11.8 Å². The van der Waals surface area contributed by atoms with Gasteiger partial charge in [-0.15, -0.1) is 0 Å². The first-order chi connectivity index (χ1) is 9.97. The van der Waals surface area contributed by atoms with Crippen LogP contribution in [0.3, 0.4) is 0 Å². The number of hydrogen-bond acceptors (Lipinski definition) is 2. The Morgan fingerprint density at radius 1 is 1.29 bits per heavy atom. The molecule has 114 valence electrons. The summed E-state index contributed by atoms with van der Waals surface area (Å²) in [5, 5.41) is 0. The lowest BCUT2D eigenvalue weighted by molar-refractivity contribution is -0.135. The summed E-state index contributed by atoms with van der Waals surface area (Å²) < 4.78 is 12.9. The molecule has 21 heavy (non-hydrogen) atoms. The number of primary amides is 1. The van der Waals surface area contributed by atoms with Crippen LogP contribution < -0.4 is 5.73 Å². The van der Waals surface area contributed by atoms with Crippen LogP contribution in [0.15, 0.2) is 24.3 Å². The van der Waals surface area contributed by atoms with E-state index in [1.165, 1.54) is 12.1 Å². The maximum absolute atomic E-state index is 12.9. The average Bonchev–Trinajstić information content (AvgIpc) is 2.47. The molecule has 0 aromatic heterocycles. The van der Waals surface area contributed by atoms with E-state index in [1.807, 2.05) is 6.92 Å². The zero-order chi connectivity index (χ0) is 15.4. The standard InChI is InChI=1S/C16H21FN2O2/c1-11(12-2-4-14(17)5-3-12)10-15(20)19-8-6-13(7-9-19)16(18)21/h2-5,11,13H,6-10H2,1H3,(H2,18,21). The SMILES string of the molecule is CC(CC(=O)N1CCC(C(N)=O)CC1)c1ccc(F)cc1. The summed E-state index contributed by atoms with van der Waals surface area (Å²) in [6.07, 6.45) is 1.69. The van der Waals surface area contributed by atoms with E-state index in [4.69, 9.17) is 5.73 Å². The number of nitrogens with two attached hydrogens (primary N) is 1. The summed E-state index contributed by atoms with van der Waals surface area (Å²) in [5.74, 6) is -0.530. The van der Waals surface area contributed by atoms with E-state index in [2.05, 4.69) is 0 Å². The van der Waals surface area contributed by atoms with Crippen LogP contribution in [-0.2, 0) is 9.59 Å². The quantitative estimate of drug-likeness (QED) is 0.923. The molecule has 2 rings (SSSR count). The molecule has 1 fully saturated rings. The number of halogens is 1. The van der Waals surface area contributed by atoms with Crippen molar-refractivity contribution in [2.24, 2.45) is 11.7 Å². The summed E-state index contributed by atoms with van der Waals surface area (Å²) in [4.78, 5) is 25.2. The van der Waals surface area contributed by atoms with Gasteiger partial charge in [0.05, 0.1) is 0 Å². The highest BCUT2D eigenvalue weighted by Gasteiger charge is 2.26. The van der Waals surface area contributed by atoms with Crippen molar-refractivity contribution in [2.45, 2.75) is 32.1 Å². The minimum Gasteiger partial charge on any atom is -0.369 e. The van der Waals surface area contributed by atoms with E-state index < -0.39 is 0 Å². The second kappa shape index (κ2) is 6.70. The van der Waals surface area contributed by atoms with E-state index in [-0.39, 0.29) is 29.5 Å². The molecule has 1 saturated heterocycles. The number of rotatable bonds is 4. The fraction of sp³-hybridized carbons (Fsp3) is 0.500. The first-order valence-corrected chi connectivity index (χ1v) is 7.30. The Kier molecular flexibility index (Phi) is 4.94. The molecule has 0 spiro atoms. The Hall–Kier alpha value is -1.91. The van der Waals surface area contributed by atoms with Crippen molar-refractivity contribution in [3.8, 4) is 0 Å². The molecule has 1 aromatic rings. The van der Waals surface area contributed by atoms with E-state index in [1.54, 1.807) is 17.0 Å². The molecule has 0 saturated carbocycles. The Labute approximate surface area is 124 Å². The van der Waals surface area contributed by atoms with Crippen molar-refractivity contribution in [3.63, 3.8) is 0 Å². The summed E-state index contributed by atoms with van der Waals surface area (Å²) in [6.45, 7) is 3.13. The molecular weight excluding hydrogens is 271 g/mol. The predicted octanol–water partition coefficient (Wildman–Crippen LogP) is 2.04. The number of hydrogen-bond donors (Lipinski definition) is 1. The maximum Gasteiger partial charge on any atom is 0.223 e. The number of benzene rings is 1. The molecule has 2 amide bonds. The number of likely N-dealkylation sites (tertiary alicyclic amines) is 1. The lowest BCUT2D eigenvalue weighted by Gasteiger charge is -2.31. The fourth-order valence-corrected chi connectivity index (χ4v) is 2.71. The highest BCUT2D eigenvalue weighted by Crippen LogP contribution is 2.23. The molecule has 0 aliphatic carbocycles. The van der Waals surface area contributed by atoms with Gasteiger partial charge in [-0.2, -0.15) is 0 Å². The third kappa shape index (κ3) is 4.03. The fourth-order valence-electron chi connectivity index (χ4n) is 2.71. The van der Waals surface area contributed by atoms with Gasteiger partial charge in [0.1, 0.15) is 5.82 Å². The Balaban J connectivity index is 1.87. The van der Waals surface area contributed by atoms with Crippen molar-refractivity contribution in [2.75, 3.05) is 13.1 Å². The molecular formula is C16H21FN2O2. The van der Waals surface area contributed by atoms with Crippen LogP contribution in [0, 0.1) is 11.7 Å². The van der Waals surface area contributed by atoms with Gasteiger partial charge in [-0.05, 0) is 36.5 Å². The largest absolute Gasteiger partial charge is 0.369 e. The minimum atomic E-state index is -0.276. The summed E-state index contributed by atoms with van der Waals surface area (Å²) in [6, 6.07) is 6.25. The molecule has 1 atom stereocenters. The third-order valence-electron chi connectivity index (χ3n) is 4.17. The Morgan fingerprint density at radius 2 is 1.86 bits per heavy atom. The Morgan fingerprint density at radius 3 is 2.38 bits per heavy atom. The van der Waals surface area contributed by atoms with E-state index >= 15 is 0 Å². The average molecular weight is 292 g/mol. The van der Waals surface area contributed by atoms with Gasteiger partial charge in [-0.25, -0.2) is 4.39 Å². The molecule has 4 nitrogen and oxygen atoms in total. The van der Waals surface area contributed by atoms with Crippen LogP contribution in [0.4, 0.5) is 4.39 Å². The van der Waals surface area contributed by atoms with Crippen molar-refractivity contribution < 1.29 is 14.0 Å². The van der Waals surface area contributed by atoms with Crippen LogP contribution >= 0.6 is 0 Å². The molecule has 2 N–H and O–H groups in total. The van der Waals surface area contributed by atoms with Crippen LogP contribution in [0.25, 0.3) is 0 Å². The highest BCUT2D eigenvalue weighted by atomic mass is 19.1. The minimum absolute atomic E-state index is 0.0481. The molecule has 1 aliphatic heterocycles. The normalized spacial score (nSPS) is 17.5. The lowest BCUT2D eigenvalue weighted by atomic mass is 9.94. The molecule has 1 aliphatic rings. The number of piperidine rings is 1. The van der Waals surface area contributed by atoms with Gasteiger partial charge >= 0.3 is 0 Å². The molecule has 0 bridgehead atoms. The molecule has 0 radical (unpaired) electrons. The van der Waals surface area contributed by atoms with Gasteiger partial charge in [-0.3, -0.25) is 9.59 Å². The van der Waals surface area contributed by atoms with Gasteiger partial charge < -0.3 is 10.6 Å². The Bertz CT molecular complexity index is 508. The zero-order valence-corrected chi connectivity index (χ0v) is 12.2. The second-order valence-electron chi connectivity index (χ2n) is 5.71. The number of nitrogens with zero attached hydrogens (tertiary/aromatic N) is 1. The van der Waals surface area contributed by atoms with Crippen molar-refractivity contribution in [1.29, 1.82) is 0 Å². The van der Waals surface area contributed by atoms with Gasteiger partial charge in [0.25, 0.3) is 0 Å². The van der Waals surface area contributed by atoms with Crippen molar-refractivity contribution in [3.05, 3.63) is 35.6 Å². The lowest BCUT2D eigenvalue weighted by Crippen LogP contribution is -2.42. The molecule has 1 unspecified atom stereocenters. The number of amides is 2. The maximum atomic E-state index is 12.9. The summed E-state index contributed by atoms with van der Waals surface area (Å²) in [7, 11) is 0. The first kappa shape index (κ1) is 15.5. The second-order valence-corrected chi connectivity index (χ2v) is 5.71. The number of carbonyl (C=O) groups excluding carboxylic acids is 2. The molecule has 5 heteroatoms. The van der Waals surface area contributed by atoms with Crippen LogP contribution in [0.1, 0.15) is 37.7 Å².